The molecule has 1 fully saturated rings. The van der Waals surface area contributed by atoms with Crippen LogP contribution in [0.5, 0.6) is 0 Å². The van der Waals surface area contributed by atoms with Crippen molar-refractivity contribution < 1.29 is 4.74 Å². The van der Waals surface area contributed by atoms with Crippen LogP contribution in [0.25, 0.3) is 0 Å². The van der Waals surface area contributed by atoms with E-state index < -0.39 is 0 Å². The van der Waals surface area contributed by atoms with E-state index in [1.807, 2.05) is 0 Å². The molecule has 0 aromatic heterocycles. The average Bonchev–Trinajstić information content (AvgIpc) is 2.76. The van der Waals surface area contributed by atoms with Crippen LogP contribution in [0.3, 0.4) is 0 Å². The van der Waals surface area contributed by atoms with Crippen molar-refractivity contribution >= 4 is 0 Å². The van der Waals surface area contributed by atoms with E-state index in [9.17, 15) is 0 Å². The molecule has 94 valence electrons. The van der Waals surface area contributed by atoms with Gasteiger partial charge in [-0.15, -0.1) is 0 Å². The molecule has 0 radical (unpaired) electrons. The van der Waals surface area contributed by atoms with Gasteiger partial charge in [0, 0.05) is 13.7 Å². The van der Waals surface area contributed by atoms with Crippen LogP contribution in [-0.2, 0) is 4.74 Å². The highest BCUT2D eigenvalue weighted by Gasteiger charge is 2.14. The number of ether oxygens (including phenoxy) is 1. The van der Waals surface area contributed by atoms with Gasteiger partial charge < -0.3 is 10.1 Å². The molecule has 0 aliphatic heterocycles. The van der Waals surface area contributed by atoms with Gasteiger partial charge >= 0.3 is 0 Å². The first kappa shape index (κ1) is 13.7. The van der Waals surface area contributed by atoms with Crippen LogP contribution >= 0.6 is 0 Å². The normalized spacial score (nSPS) is 18.2. The summed E-state index contributed by atoms with van der Waals surface area (Å²) in [6, 6.07) is 0. The third kappa shape index (κ3) is 6.29. The summed E-state index contributed by atoms with van der Waals surface area (Å²) in [6.45, 7) is 5.13. The molecule has 1 rings (SSSR count). The molecule has 0 atom stereocenters. The molecule has 16 heavy (non-hydrogen) atoms. The molecule has 0 bridgehead atoms. The van der Waals surface area contributed by atoms with Gasteiger partial charge in [0.1, 0.15) is 0 Å². The molecule has 0 unspecified atom stereocenters. The first-order chi connectivity index (χ1) is 7.83. The molecular weight excluding hydrogens is 198 g/mol. The summed E-state index contributed by atoms with van der Waals surface area (Å²) in [5.74, 6) is 0.984. The second kappa shape index (κ2) is 8.77. The van der Waals surface area contributed by atoms with E-state index in [4.69, 9.17) is 4.74 Å². The van der Waals surface area contributed by atoms with E-state index in [-0.39, 0.29) is 0 Å². The minimum absolute atomic E-state index is 0.810. The van der Waals surface area contributed by atoms with Gasteiger partial charge in [0.05, 0.1) is 6.61 Å². The molecule has 0 aromatic carbocycles. The third-order valence-electron chi connectivity index (χ3n) is 3.38. The zero-order valence-electron chi connectivity index (χ0n) is 10.9. The van der Waals surface area contributed by atoms with E-state index >= 15 is 0 Å². The monoisotopic (exact) mass is 225 g/mol. The van der Waals surface area contributed by atoms with Gasteiger partial charge in [0.25, 0.3) is 0 Å². The Bertz CT molecular complexity index is 195. The van der Waals surface area contributed by atoms with Crippen LogP contribution in [0.15, 0.2) is 11.6 Å². The standard InChI is InChI=1S/C14H27NO/c1-13(12-14-7-3-4-8-14)6-5-9-15-10-11-16-2/h6,14-15H,3-5,7-12H2,1-2H3. The molecule has 2 heteroatoms. The van der Waals surface area contributed by atoms with Gasteiger partial charge in [-0.3, -0.25) is 0 Å². The summed E-state index contributed by atoms with van der Waals surface area (Å²) in [4.78, 5) is 0. The van der Waals surface area contributed by atoms with E-state index in [1.165, 1.54) is 32.1 Å². The summed E-state index contributed by atoms with van der Waals surface area (Å²) in [5, 5.41) is 3.37. The van der Waals surface area contributed by atoms with Crippen molar-refractivity contribution in [2.45, 2.75) is 45.4 Å². The fourth-order valence-electron chi connectivity index (χ4n) is 2.47. The molecule has 1 aliphatic rings. The molecule has 0 spiro atoms. The fourth-order valence-corrected chi connectivity index (χ4v) is 2.47. The lowest BCUT2D eigenvalue weighted by atomic mass is 9.98. The maximum Gasteiger partial charge on any atom is 0.0587 e. The Morgan fingerprint density at radius 3 is 2.75 bits per heavy atom. The highest BCUT2D eigenvalue weighted by molar-refractivity contribution is 5.00. The number of nitrogens with one attached hydrogen (secondary N) is 1. The summed E-state index contributed by atoms with van der Waals surface area (Å²) in [5.41, 5.74) is 1.58. The van der Waals surface area contributed by atoms with Crippen LogP contribution in [0, 0.1) is 5.92 Å². The minimum atomic E-state index is 0.810. The van der Waals surface area contributed by atoms with Crippen molar-refractivity contribution in [3.63, 3.8) is 0 Å². The molecular formula is C14H27NO. The van der Waals surface area contributed by atoms with E-state index in [1.54, 1.807) is 12.7 Å². The highest BCUT2D eigenvalue weighted by Crippen LogP contribution is 2.29. The van der Waals surface area contributed by atoms with Gasteiger partial charge in [0.2, 0.25) is 0 Å². The Morgan fingerprint density at radius 2 is 2.06 bits per heavy atom. The van der Waals surface area contributed by atoms with Gasteiger partial charge in [0.15, 0.2) is 0 Å². The van der Waals surface area contributed by atoms with Gasteiger partial charge in [-0.05, 0) is 32.2 Å². The first-order valence-corrected chi connectivity index (χ1v) is 6.68. The third-order valence-corrected chi connectivity index (χ3v) is 3.38. The second-order valence-electron chi connectivity index (χ2n) is 4.94. The summed E-state index contributed by atoms with van der Waals surface area (Å²) in [6.07, 6.45) is 10.7. The zero-order chi connectivity index (χ0) is 11.6. The van der Waals surface area contributed by atoms with Gasteiger partial charge in [-0.2, -0.15) is 0 Å². The van der Waals surface area contributed by atoms with Crippen molar-refractivity contribution in [2.24, 2.45) is 5.92 Å². The Balaban J connectivity index is 1.99. The summed E-state index contributed by atoms with van der Waals surface area (Å²) >= 11 is 0. The van der Waals surface area contributed by atoms with E-state index in [0.717, 1.165) is 32.0 Å². The van der Waals surface area contributed by atoms with Crippen LogP contribution in [0.2, 0.25) is 0 Å². The minimum Gasteiger partial charge on any atom is -0.383 e. The van der Waals surface area contributed by atoms with Crippen molar-refractivity contribution in [1.29, 1.82) is 0 Å². The quantitative estimate of drug-likeness (QED) is 0.506. The van der Waals surface area contributed by atoms with Crippen LogP contribution < -0.4 is 5.32 Å². The lowest BCUT2D eigenvalue weighted by Gasteiger charge is -2.09. The SMILES string of the molecule is COCCNCCC=C(C)CC1CCCC1. The Kier molecular flexibility index (Phi) is 7.52. The maximum atomic E-state index is 4.98. The molecule has 1 N–H and O–H groups in total. The van der Waals surface area contributed by atoms with Crippen molar-refractivity contribution in [2.75, 3.05) is 26.8 Å². The molecule has 0 heterocycles. The maximum absolute atomic E-state index is 4.98. The van der Waals surface area contributed by atoms with Crippen molar-refractivity contribution in [3.05, 3.63) is 11.6 Å². The second-order valence-corrected chi connectivity index (χ2v) is 4.94. The lowest BCUT2D eigenvalue weighted by molar-refractivity contribution is 0.199. The van der Waals surface area contributed by atoms with E-state index in [0.29, 0.717) is 0 Å². The van der Waals surface area contributed by atoms with Crippen LogP contribution in [-0.4, -0.2) is 26.8 Å². The predicted octanol–water partition coefficient (Wildman–Crippen LogP) is 3.14. The number of allylic oxidation sites excluding steroid dienone is 1. The lowest BCUT2D eigenvalue weighted by Crippen LogP contribution is -2.19. The molecule has 1 aliphatic carbocycles. The fraction of sp³-hybridized carbons (Fsp3) is 0.857. The molecule has 1 saturated carbocycles. The van der Waals surface area contributed by atoms with Crippen LogP contribution in [0.4, 0.5) is 0 Å². The molecule has 0 saturated heterocycles. The molecule has 0 amide bonds. The van der Waals surface area contributed by atoms with Gasteiger partial charge in [-0.1, -0.05) is 37.3 Å². The summed E-state index contributed by atoms with van der Waals surface area (Å²) < 4.78 is 4.98. The predicted molar refractivity (Wildman–Crippen MR) is 69.7 cm³/mol. The highest BCUT2D eigenvalue weighted by atomic mass is 16.5. The van der Waals surface area contributed by atoms with E-state index in [2.05, 4.69) is 18.3 Å². The summed E-state index contributed by atoms with van der Waals surface area (Å²) in [7, 11) is 1.74. The largest absolute Gasteiger partial charge is 0.383 e. The molecule has 0 aromatic rings. The Hall–Kier alpha value is -0.340. The average molecular weight is 225 g/mol. The Morgan fingerprint density at radius 1 is 1.31 bits per heavy atom. The van der Waals surface area contributed by atoms with Crippen molar-refractivity contribution in [3.8, 4) is 0 Å². The number of methoxy groups -OCH3 is 1. The number of hydrogen-bond acceptors (Lipinski definition) is 2. The molecule has 2 nitrogen and oxygen atoms in total. The van der Waals surface area contributed by atoms with Crippen LogP contribution in [0.1, 0.15) is 45.4 Å². The van der Waals surface area contributed by atoms with Gasteiger partial charge in [-0.25, -0.2) is 0 Å². The zero-order valence-corrected chi connectivity index (χ0v) is 10.9. The Labute approximate surface area is 100 Å². The first-order valence-electron chi connectivity index (χ1n) is 6.68. The van der Waals surface area contributed by atoms with Crippen molar-refractivity contribution in [1.82, 2.24) is 5.32 Å². The number of hydrogen-bond donors (Lipinski definition) is 1. The number of rotatable bonds is 8. The smallest absolute Gasteiger partial charge is 0.0587 e. The topological polar surface area (TPSA) is 21.3 Å².